The van der Waals surface area contributed by atoms with E-state index in [9.17, 15) is 19.7 Å². The number of aromatic nitrogens is 1. The molecule has 0 saturated heterocycles. The highest BCUT2D eigenvalue weighted by Crippen LogP contribution is 2.27. The average Bonchev–Trinajstić information content (AvgIpc) is 3.22. The molecule has 30 heavy (non-hydrogen) atoms. The molecule has 1 atom stereocenters. The minimum absolute atomic E-state index is 0.0607. The largest absolute Gasteiger partial charge is 0.449 e. The van der Waals surface area contributed by atoms with Crippen molar-refractivity contribution in [1.82, 2.24) is 4.98 Å². The number of rotatable bonds is 6. The van der Waals surface area contributed by atoms with Crippen molar-refractivity contribution in [3.05, 3.63) is 75.2 Å². The molecule has 9 nitrogen and oxygen atoms in total. The van der Waals surface area contributed by atoms with E-state index >= 15 is 0 Å². The summed E-state index contributed by atoms with van der Waals surface area (Å²) in [7, 11) is 0. The molecular weight excluding hydrogens is 408 g/mol. The van der Waals surface area contributed by atoms with E-state index in [1.807, 2.05) is 6.07 Å². The van der Waals surface area contributed by atoms with Crippen molar-refractivity contribution >= 4 is 34.0 Å². The van der Waals surface area contributed by atoms with Crippen LogP contribution in [0.25, 0.3) is 11.3 Å². The van der Waals surface area contributed by atoms with Gasteiger partial charge in [-0.25, -0.2) is 9.78 Å². The number of benzene rings is 2. The standard InChI is InChI=1S/C20H14N4O5S/c1-12(29-19(26)14-7-5-13(10-21)6-8-14)18(25)23-20-22-17(11-30-20)15-3-2-4-16(9-15)24(27)28/h2-9,11-12H,1H3,(H,22,23,25)/t12-/m1/s1. The summed E-state index contributed by atoms with van der Waals surface area (Å²) in [4.78, 5) is 39.1. The number of thiazole rings is 1. The zero-order valence-electron chi connectivity index (χ0n) is 15.6. The average molecular weight is 422 g/mol. The highest BCUT2D eigenvalue weighted by molar-refractivity contribution is 7.14. The number of carbonyl (C=O) groups excluding carboxylic acids is 2. The van der Waals surface area contributed by atoms with Crippen LogP contribution in [0.1, 0.15) is 22.8 Å². The van der Waals surface area contributed by atoms with Crippen LogP contribution in [-0.4, -0.2) is 27.9 Å². The molecule has 0 bridgehead atoms. The van der Waals surface area contributed by atoms with Crippen molar-refractivity contribution < 1.29 is 19.2 Å². The van der Waals surface area contributed by atoms with Gasteiger partial charge in [-0.15, -0.1) is 11.3 Å². The van der Waals surface area contributed by atoms with Crippen LogP contribution in [-0.2, 0) is 9.53 Å². The molecule has 0 unspecified atom stereocenters. The first-order chi connectivity index (χ1) is 14.4. The van der Waals surface area contributed by atoms with Gasteiger partial charge in [0.1, 0.15) is 0 Å². The minimum Gasteiger partial charge on any atom is -0.449 e. The molecule has 2 aromatic carbocycles. The molecule has 1 heterocycles. The number of nitro groups is 1. The number of nitro benzene ring substituents is 1. The van der Waals surface area contributed by atoms with Crippen LogP contribution >= 0.6 is 11.3 Å². The second-order valence-electron chi connectivity index (χ2n) is 6.07. The Morgan fingerprint density at radius 3 is 2.67 bits per heavy atom. The molecule has 1 N–H and O–H groups in total. The van der Waals surface area contributed by atoms with Crippen LogP contribution in [0.4, 0.5) is 10.8 Å². The fourth-order valence-electron chi connectivity index (χ4n) is 2.41. The third kappa shape index (κ3) is 4.84. The van der Waals surface area contributed by atoms with Crippen LogP contribution in [0.2, 0.25) is 0 Å². The molecule has 10 heteroatoms. The number of nitrogens with one attached hydrogen (secondary N) is 1. The lowest BCUT2D eigenvalue weighted by molar-refractivity contribution is -0.384. The molecule has 0 fully saturated rings. The Hall–Kier alpha value is -4.10. The van der Waals surface area contributed by atoms with Crippen LogP contribution in [0.5, 0.6) is 0 Å². The van der Waals surface area contributed by atoms with Crippen LogP contribution in [0.3, 0.4) is 0 Å². The van der Waals surface area contributed by atoms with Crippen molar-refractivity contribution in [2.45, 2.75) is 13.0 Å². The van der Waals surface area contributed by atoms with Gasteiger partial charge in [0.15, 0.2) is 11.2 Å². The Balaban J connectivity index is 1.63. The van der Waals surface area contributed by atoms with E-state index in [4.69, 9.17) is 10.00 Å². The number of hydrogen-bond donors (Lipinski definition) is 1. The van der Waals surface area contributed by atoms with Gasteiger partial charge in [-0.2, -0.15) is 5.26 Å². The molecule has 3 aromatic rings. The molecule has 0 aliphatic rings. The van der Waals surface area contributed by atoms with Crippen molar-refractivity contribution in [1.29, 1.82) is 5.26 Å². The smallest absolute Gasteiger partial charge is 0.338 e. The number of amides is 1. The zero-order chi connectivity index (χ0) is 21.7. The summed E-state index contributed by atoms with van der Waals surface area (Å²) in [6.45, 7) is 1.42. The van der Waals surface area contributed by atoms with Gasteiger partial charge >= 0.3 is 5.97 Å². The van der Waals surface area contributed by atoms with Crippen LogP contribution in [0, 0.1) is 21.4 Å². The van der Waals surface area contributed by atoms with Crippen molar-refractivity contribution in [3.8, 4) is 17.3 Å². The summed E-state index contributed by atoms with van der Waals surface area (Å²) < 4.78 is 5.15. The SMILES string of the molecule is C[C@@H](OC(=O)c1ccc(C#N)cc1)C(=O)Nc1nc(-c2cccc([N+](=O)[O-])c2)cs1. The number of non-ortho nitro benzene ring substituents is 1. The molecule has 0 saturated carbocycles. The van der Waals surface area contributed by atoms with Crippen molar-refractivity contribution in [2.75, 3.05) is 5.32 Å². The molecule has 150 valence electrons. The van der Waals surface area contributed by atoms with Gasteiger partial charge in [-0.3, -0.25) is 20.2 Å². The second-order valence-corrected chi connectivity index (χ2v) is 6.93. The van der Waals surface area contributed by atoms with E-state index in [0.717, 1.165) is 11.3 Å². The van der Waals surface area contributed by atoms with E-state index in [2.05, 4.69) is 10.3 Å². The van der Waals surface area contributed by atoms with E-state index in [1.165, 1.54) is 43.3 Å². The van der Waals surface area contributed by atoms with Gasteiger partial charge in [-0.05, 0) is 31.2 Å². The van der Waals surface area contributed by atoms with Crippen molar-refractivity contribution in [2.24, 2.45) is 0 Å². The molecule has 1 amide bonds. The summed E-state index contributed by atoms with van der Waals surface area (Å²) in [5.41, 5.74) is 1.58. The fourth-order valence-corrected chi connectivity index (χ4v) is 3.14. The maximum Gasteiger partial charge on any atom is 0.338 e. The van der Waals surface area contributed by atoms with E-state index in [1.54, 1.807) is 17.5 Å². The van der Waals surface area contributed by atoms with Crippen LogP contribution < -0.4 is 5.32 Å². The van der Waals surface area contributed by atoms with Gasteiger partial charge in [-0.1, -0.05) is 12.1 Å². The Labute approximate surface area is 174 Å². The highest BCUT2D eigenvalue weighted by atomic mass is 32.1. The zero-order valence-corrected chi connectivity index (χ0v) is 16.4. The lowest BCUT2D eigenvalue weighted by atomic mass is 10.1. The highest BCUT2D eigenvalue weighted by Gasteiger charge is 2.20. The second kappa shape index (κ2) is 8.93. The van der Waals surface area contributed by atoms with Crippen molar-refractivity contribution in [3.63, 3.8) is 0 Å². The lowest BCUT2D eigenvalue weighted by Gasteiger charge is -2.12. The molecule has 0 aliphatic carbocycles. The minimum atomic E-state index is -1.08. The summed E-state index contributed by atoms with van der Waals surface area (Å²) in [5, 5.41) is 24.2. The molecule has 0 aliphatic heterocycles. The third-order valence-corrected chi connectivity index (χ3v) is 4.75. The predicted octanol–water partition coefficient (Wildman–Crippen LogP) is 3.77. The van der Waals surface area contributed by atoms with Gasteiger partial charge < -0.3 is 4.74 Å². The maximum atomic E-state index is 12.3. The Bertz CT molecular complexity index is 1150. The molecule has 0 radical (unpaired) electrons. The number of nitrogens with zero attached hydrogens (tertiary/aromatic N) is 3. The monoisotopic (exact) mass is 422 g/mol. The normalized spacial score (nSPS) is 11.2. The molecule has 3 rings (SSSR count). The predicted molar refractivity (Wildman–Crippen MR) is 109 cm³/mol. The molecular formula is C20H14N4O5S. The molecule has 1 aromatic heterocycles. The summed E-state index contributed by atoms with van der Waals surface area (Å²) >= 11 is 1.14. The number of hydrogen-bond acceptors (Lipinski definition) is 8. The summed E-state index contributed by atoms with van der Waals surface area (Å²) in [6.07, 6.45) is -1.08. The Morgan fingerprint density at radius 2 is 2.00 bits per heavy atom. The van der Waals surface area contributed by atoms with Gasteiger partial charge in [0.25, 0.3) is 11.6 Å². The summed E-state index contributed by atoms with van der Waals surface area (Å²) in [6, 6.07) is 13.8. The van der Waals surface area contributed by atoms with E-state index < -0.39 is 22.9 Å². The van der Waals surface area contributed by atoms with Gasteiger partial charge in [0.05, 0.1) is 27.8 Å². The van der Waals surface area contributed by atoms with Crippen LogP contribution in [0.15, 0.2) is 53.9 Å². The Kier molecular flexibility index (Phi) is 6.14. The quantitative estimate of drug-likeness (QED) is 0.363. The van der Waals surface area contributed by atoms with Gasteiger partial charge in [0, 0.05) is 23.1 Å². The first kappa shape index (κ1) is 20.6. The lowest BCUT2D eigenvalue weighted by Crippen LogP contribution is -2.29. The topological polar surface area (TPSA) is 135 Å². The number of nitriles is 1. The van der Waals surface area contributed by atoms with E-state index in [-0.39, 0.29) is 16.4 Å². The fraction of sp³-hybridized carbons (Fsp3) is 0.100. The van der Waals surface area contributed by atoms with E-state index in [0.29, 0.717) is 16.8 Å². The Morgan fingerprint density at radius 1 is 1.27 bits per heavy atom. The van der Waals surface area contributed by atoms with Gasteiger partial charge in [0.2, 0.25) is 0 Å². The number of carbonyl (C=O) groups is 2. The maximum absolute atomic E-state index is 12.3. The third-order valence-electron chi connectivity index (χ3n) is 3.99. The number of anilines is 1. The number of esters is 1. The number of ether oxygens (including phenoxy) is 1. The molecule has 0 spiro atoms. The summed E-state index contributed by atoms with van der Waals surface area (Å²) in [5.74, 6) is -1.27. The first-order valence-corrected chi connectivity index (χ1v) is 9.47. The first-order valence-electron chi connectivity index (χ1n) is 8.59.